The summed E-state index contributed by atoms with van der Waals surface area (Å²) in [5.41, 5.74) is 1.22. The van der Waals surface area contributed by atoms with Crippen LogP contribution < -0.4 is 0 Å². The van der Waals surface area contributed by atoms with E-state index in [4.69, 9.17) is 0 Å². The van der Waals surface area contributed by atoms with Crippen molar-refractivity contribution in [1.29, 1.82) is 0 Å². The molecule has 0 saturated heterocycles. The van der Waals surface area contributed by atoms with Crippen LogP contribution in [0.1, 0.15) is 48.8 Å². The van der Waals surface area contributed by atoms with E-state index in [1.807, 2.05) is 13.8 Å². The largest absolute Gasteiger partial charge is 0.481 e. The Labute approximate surface area is 126 Å². The fourth-order valence-corrected chi connectivity index (χ4v) is 4.27. The lowest BCUT2D eigenvalue weighted by Crippen LogP contribution is -2.39. The first kappa shape index (κ1) is 16.0. The Hall–Kier alpha value is -1.36. The van der Waals surface area contributed by atoms with Crippen LogP contribution in [0.15, 0.2) is 17.0 Å². The Kier molecular flexibility index (Phi) is 4.15. The summed E-state index contributed by atoms with van der Waals surface area (Å²) >= 11 is 0. The number of aliphatic carboxylic acids is 1. The molecule has 0 aliphatic heterocycles. The van der Waals surface area contributed by atoms with Gasteiger partial charge in [0, 0.05) is 6.26 Å². The van der Waals surface area contributed by atoms with Crippen LogP contribution >= 0.6 is 0 Å². The Morgan fingerprint density at radius 2 is 1.62 bits per heavy atom. The highest BCUT2D eigenvalue weighted by Gasteiger charge is 2.44. The van der Waals surface area contributed by atoms with Crippen molar-refractivity contribution in [3.05, 3.63) is 28.8 Å². The van der Waals surface area contributed by atoms with Crippen molar-refractivity contribution >= 4 is 15.8 Å². The molecule has 1 aliphatic carbocycles. The Morgan fingerprint density at radius 1 is 1.10 bits per heavy atom. The van der Waals surface area contributed by atoms with Gasteiger partial charge in [-0.3, -0.25) is 4.79 Å². The topological polar surface area (TPSA) is 71.4 Å². The molecule has 116 valence electrons. The standard InChI is InChI=1S/C16H22O4S/c1-11-9-13(14(10-12(11)2)21(3,19)20)16(15(17)18)7-5-4-6-8-16/h9-10H,4-8H2,1-3H3,(H,17,18). The fraction of sp³-hybridized carbons (Fsp3) is 0.562. The zero-order chi connectivity index (χ0) is 15.8. The third-order valence-corrected chi connectivity index (χ3v) is 5.76. The van der Waals surface area contributed by atoms with E-state index in [0.717, 1.165) is 36.6 Å². The second kappa shape index (κ2) is 5.44. The molecule has 1 aromatic carbocycles. The normalized spacial score (nSPS) is 18.4. The Morgan fingerprint density at radius 3 is 2.10 bits per heavy atom. The number of hydrogen-bond acceptors (Lipinski definition) is 3. The van der Waals surface area contributed by atoms with Crippen LogP contribution in [-0.4, -0.2) is 25.7 Å². The van der Waals surface area contributed by atoms with Gasteiger partial charge in [-0.1, -0.05) is 25.3 Å². The van der Waals surface area contributed by atoms with Crippen LogP contribution in [0.5, 0.6) is 0 Å². The predicted octanol–water partition coefficient (Wildman–Crippen LogP) is 2.99. The molecule has 0 bridgehead atoms. The second-order valence-corrected chi connectivity index (χ2v) is 8.14. The van der Waals surface area contributed by atoms with E-state index in [1.54, 1.807) is 12.1 Å². The van der Waals surface area contributed by atoms with Gasteiger partial charge in [0.05, 0.1) is 10.3 Å². The summed E-state index contributed by atoms with van der Waals surface area (Å²) in [5.74, 6) is -0.907. The molecule has 0 aromatic heterocycles. The lowest BCUT2D eigenvalue weighted by molar-refractivity contribution is -0.145. The van der Waals surface area contributed by atoms with Gasteiger partial charge in [0.2, 0.25) is 0 Å². The number of rotatable bonds is 3. The molecule has 1 fully saturated rings. The Bertz CT molecular complexity index is 668. The van der Waals surface area contributed by atoms with Gasteiger partial charge in [-0.25, -0.2) is 8.42 Å². The summed E-state index contributed by atoms with van der Waals surface area (Å²) < 4.78 is 24.3. The van der Waals surface area contributed by atoms with Gasteiger partial charge >= 0.3 is 5.97 Å². The molecule has 0 unspecified atom stereocenters. The average Bonchev–Trinajstić information content (AvgIpc) is 2.40. The van der Waals surface area contributed by atoms with Crippen LogP contribution in [-0.2, 0) is 20.0 Å². The molecule has 0 heterocycles. The van der Waals surface area contributed by atoms with E-state index < -0.39 is 21.2 Å². The maximum Gasteiger partial charge on any atom is 0.314 e. The summed E-state index contributed by atoms with van der Waals surface area (Å²) in [4.78, 5) is 12.1. The van der Waals surface area contributed by atoms with Gasteiger partial charge in [0.15, 0.2) is 9.84 Å². The maximum atomic E-state index is 12.1. The number of carboxylic acids is 1. The lowest BCUT2D eigenvalue weighted by atomic mass is 9.69. The number of carbonyl (C=O) groups is 1. The highest BCUT2D eigenvalue weighted by Crippen LogP contribution is 2.43. The molecule has 5 heteroatoms. The molecule has 1 aromatic rings. The average molecular weight is 310 g/mol. The second-order valence-electron chi connectivity index (χ2n) is 6.15. The number of sulfone groups is 1. The molecule has 21 heavy (non-hydrogen) atoms. The molecule has 0 radical (unpaired) electrons. The predicted molar refractivity (Wildman–Crippen MR) is 81.4 cm³/mol. The van der Waals surface area contributed by atoms with E-state index >= 15 is 0 Å². The van der Waals surface area contributed by atoms with Crippen molar-refractivity contribution in [3.63, 3.8) is 0 Å². The fourth-order valence-electron chi connectivity index (χ4n) is 3.22. The van der Waals surface area contributed by atoms with E-state index in [2.05, 4.69) is 0 Å². The highest BCUT2D eigenvalue weighted by atomic mass is 32.2. The number of hydrogen-bond donors (Lipinski definition) is 1. The molecule has 0 spiro atoms. The minimum Gasteiger partial charge on any atom is -0.481 e. The molecule has 1 aliphatic rings. The summed E-state index contributed by atoms with van der Waals surface area (Å²) in [7, 11) is -3.46. The Balaban J connectivity index is 2.76. The lowest BCUT2D eigenvalue weighted by Gasteiger charge is -2.35. The smallest absolute Gasteiger partial charge is 0.314 e. The van der Waals surface area contributed by atoms with Crippen molar-refractivity contribution in [1.82, 2.24) is 0 Å². The first-order valence-corrected chi connectivity index (χ1v) is 9.13. The van der Waals surface area contributed by atoms with Crippen LogP contribution in [0.25, 0.3) is 0 Å². The van der Waals surface area contributed by atoms with E-state index in [9.17, 15) is 18.3 Å². The summed E-state index contributed by atoms with van der Waals surface area (Å²) in [6, 6.07) is 3.39. The van der Waals surface area contributed by atoms with Crippen LogP contribution in [0, 0.1) is 13.8 Å². The molecular formula is C16H22O4S. The van der Waals surface area contributed by atoms with Gasteiger partial charge < -0.3 is 5.11 Å². The summed E-state index contributed by atoms with van der Waals surface area (Å²) in [6.45, 7) is 3.74. The molecule has 0 atom stereocenters. The first-order chi connectivity index (χ1) is 9.68. The van der Waals surface area contributed by atoms with E-state index in [1.165, 1.54) is 0 Å². The summed E-state index contributed by atoms with van der Waals surface area (Å²) in [6.07, 6.45) is 4.82. The van der Waals surface area contributed by atoms with Crippen LogP contribution in [0.4, 0.5) is 0 Å². The minimum atomic E-state index is -3.46. The number of benzene rings is 1. The van der Waals surface area contributed by atoms with Crippen LogP contribution in [0.2, 0.25) is 0 Å². The zero-order valence-electron chi connectivity index (χ0n) is 12.8. The maximum absolute atomic E-state index is 12.1. The van der Waals surface area contributed by atoms with Crippen molar-refractivity contribution in [2.24, 2.45) is 0 Å². The molecule has 4 nitrogen and oxygen atoms in total. The molecule has 2 rings (SSSR count). The minimum absolute atomic E-state index is 0.176. The first-order valence-electron chi connectivity index (χ1n) is 7.24. The molecule has 1 N–H and O–H groups in total. The van der Waals surface area contributed by atoms with Crippen molar-refractivity contribution < 1.29 is 18.3 Å². The van der Waals surface area contributed by atoms with Gasteiger partial charge in [-0.15, -0.1) is 0 Å². The van der Waals surface area contributed by atoms with Crippen LogP contribution in [0.3, 0.4) is 0 Å². The number of carboxylic acid groups (broad SMARTS) is 1. The molecule has 1 saturated carbocycles. The number of aryl methyl sites for hydroxylation is 2. The molecular weight excluding hydrogens is 288 g/mol. The van der Waals surface area contributed by atoms with Gasteiger partial charge in [-0.05, 0) is 49.4 Å². The quantitative estimate of drug-likeness (QED) is 0.931. The van der Waals surface area contributed by atoms with Gasteiger partial charge in [-0.2, -0.15) is 0 Å². The zero-order valence-corrected chi connectivity index (χ0v) is 13.6. The third kappa shape index (κ3) is 2.84. The molecule has 0 amide bonds. The monoisotopic (exact) mass is 310 g/mol. The summed E-state index contributed by atoms with van der Waals surface area (Å²) in [5, 5.41) is 9.80. The van der Waals surface area contributed by atoms with E-state index in [-0.39, 0.29) is 4.90 Å². The highest BCUT2D eigenvalue weighted by molar-refractivity contribution is 7.90. The van der Waals surface area contributed by atoms with Crippen molar-refractivity contribution in [2.45, 2.75) is 56.3 Å². The third-order valence-electron chi connectivity index (χ3n) is 4.63. The van der Waals surface area contributed by atoms with Gasteiger partial charge in [0.1, 0.15) is 0 Å². The van der Waals surface area contributed by atoms with Crippen molar-refractivity contribution in [2.75, 3.05) is 6.26 Å². The van der Waals surface area contributed by atoms with Gasteiger partial charge in [0.25, 0.3) is 0 Å². The van der Waals surface area contributed by atoms with Crippen molar-refractivity contribution in [3.8, 4) is 0 Å². The van der Waals surface area contributed by atoms with E-state index in [0.29, 0.717) is 18.4 Å². The SMILES string of the molecule is Cc1cc(C2(C(=O)O)CCCCC2)c(S(C)(=O)=O)cc1C.